The normalized spacial score (nSPS) is 16.3. The van der Waals surface area contributed by atoms with Crippen molar-refractivity contribution < 1.29 is 21.6 Å². The smallest absolute Gasteiger partial charge is 0.355 e. The largest absolute Gasteiger partial charge is 0.418 e. The van der Waals surface area contributed by atoms with Gasteiger partial charge in [-0.05, 0) is 43.2 Å². The molecule has 0 spiro atoms. The van der Waals surface area contributed by atoms with Gasteiger partial charge in [0.2, 0.25) is 0 Å². The van der Waals surface area contributed by atoms with Crippen LogP contribution in [0.2, 0.25) is 0 Å². The second-order valence-electron chi connectivity index (χ2n) is 7.84. The molecular formula is C22H23ClF3N5O2S. The molecule has 3 N–H and O–H groups in total. The minimum Gasteiger partial charge on any atom is -0.355 e. The van der Waals surface area contributed by atoms with Gasteiger partial charge in [-0.2, -0.15) is 21.6 Å². The summed E-state index contributed by atoms with van der Waals surface area (Å²) in [5.74, 6) is 0.225. The van der Waals surface area contributed by atoms with Crippen molar-refractivity contribution >= 4 is 34.1 Å². The molecule has 1 unspecified atom stereocenters. The van der Waals surface area contributed by atoms with Crippen molar-refractivity contribution in [1.29, 1.82) is 0 Å². The van der Waals surface area contributed by atoms with Crippen LogP contribution in [0.15, 0.2) is 59.6 Å². The Balaban J connectivity index is 0.00000324. The lowest BCUT2D eigenvalue weighted by Crippen LogP contribution is -2.27. The molecule has 34 heavy (non-hydrogen) atoms. The van der Waals surface area contributed by atoms with Crippen LogP contribution in [-0.4, -0.2) is 37.5 Å². The van der Waals surface area contributed by atoms with E-state index in [2.05, 4.69) is 14.7 Å². The molecular weight excluding hydrogens is 491 g/mol. The van der Waals surface area contributed by atoms with E-state index in [1.54, 1.807) is 37.3 Å². The van der Waals surface area contributed by atoms with Crippen LogP contribution in [0.25, 0.3) is 11.3 Å². The van der Waals surface area contributed by atoms with Crippen molar-refractivity contribution in [3.05, 3.63) is 65.7 Å². The average Bonchev–Trinajstić information content (AvgIpc) is 3.19. The van der Waals surface area contributed by atoms with Gasteiger partial charge in [0.15, 0.2) is 5.03 Å². The third kappa shape index (κ3) is 5.43. The third-order valence-electron chi connectivity index (χ3n) is 5.37. The molecule has 1 aromatic carbocycles. The Morgan fingerprint density at radius 1 is 1.06 bits per heavy atom. The number of nitrogens with one attached hydrogen (secondary N) is 1. The maximum atomic E-state index is 13.6. The Morgan fingerprint density at radius 3 is 2.44 bits per heavy atom. The number of pyridine rings is 2. The number of aryl methyl sites for hydroxylation is 1. The molecule has 12 heteroatoms. The zero-order chi connectivity index (χ0) is 23.8. The van der Waals surface area contributed by atoms with Crippen molar-refractivity contribution in [2.24, 2.45) is 5.73 Å². The predicted octanol–water partition coefficient (Wildman–Crippen LogP) is 4.23. The molecule has 1 atom stereocenters. The van der Waals surface area contributed by atoms with Crippen LogP contribution in [0.4, 0.5) is 24.8 Å². The fourth-order valence-corrected chi connectivity index (χ4v) is 4.67. The number of halogens is 4. The highest BCUT2D eigenvalue weighted by Gasteiger charge is 2.35. The molecule has 0 bridgehead atoms. The molecule has 182 valence electrons. The first-order chi connectivity index (χ1) is 15.5. The summed E-state index contributed by atoms with van der Waals surface area (Å²) < 4.78 is 69.0. The summed E-state index contributed by atoms with van der Waals surface area (Å²) in [6.07, 6.45) is -3.89. The monoisotopic (exact) mass is 513 g/mol. The number of nitrogens with zero attached hydrogens (tertiary/aromatic N) is 3. The minimum atomic E-state index is -4.66. The quantitative estimate of drug-likeness (QED) is 0.529. The molecule has 4 rings (SSSR count). The van der Waals surface area contributed by atoms with Gasteiger partial charge >= 0.3 is 6.18 Å². The summed E-state index contributed by atoms with van der Waals surface area (Å²) in [6.45, 7) is 2.88. The maximum absolute atomic E-state index is 13.6. The molecule has 3 aromatic rings. The molecule has 3 heterocycles. The molecule has 1 saturated heterocycles. The fourth-order valence-electron chi connectivity index (χ4n) is 3.70. The molecule has 0 radical (unpaired) electrons. The topological polar surface area (TPSA) is 101 Å². The minimum absolute atomic E-state index is 0. The first-order valence-electron chi connectivity index (χ1n) is 10.2. The lowest BCUT2D eigenvalue weighted by molar-refractivity contribution is -0.137. The highest BCUT2D eigenvalue weighted by molar-refractivity contribution is 7.92. The van der Waals surface area contributed by atoms with E-state index in [9.17, 15) is 21.6 Å². The Bertz CT molecular complexity index is 1290. The van der Waals surface area contributed by atoms with Gasteiger partial charge in [0.1, 0.15) is 11.6 Å². The van der Waals surface area contributed by atoms with Crippen molar-refractivity contribution in [2.45, 2.75) is 30.6 Å². The summed E-state index contributed by atoms with van der Waals surface area (Å²) in [5, 5.41) is -0.264. The molecule has 2 aromatic heterocycles. The zero-order valence-corrected chi connectivity index (χ0v) is 19.7. The van der Waals surface area contributed by atoms with Gasteiger partial charge in [-0.3, -0.25) is 4.72 Å². The van der Waals surface area contributed by atoms with Crippen LogP contribution < -0.4 is 15.4 Å². The number of rotatable bonds is 5. The van der Waals surface area contributed by atoms with E-state index in [0.717, 1.165) is 18.6 Å². The molecule has 1 aliphatic heterocycles. The van der Waals surface area contributed by atoms with E-state index in [0.29, 0.717) is 24.5 Å². The molecule has 7 nitrogen and oxygen atoms in total. The van der Waals surface area contributed by atoms with Crippen molar-refractivity contribution in [2.75, 3.05) is 22.7 Å². The average molecular weight is 514 g/mol. The van der Waals surface area contributed by atoms with Gasteiger partial charge in [0, 0.05) is 24.7 Å². The van der Waals surface area contributed by atoms with E-state index in [1.165, 1.54) is 12.1 Å². The second kappa shape index (κ2) is 9.77. The van der Waals surface area contributed by atoms with Crippen molar-refractivity contribution in [3.8, 4) is 11.3 Å². The summed E-state index contributed by atoms with van der Waals surface area (Å²) in [7, 11) is -4.20. The summed E-state index contributed by atoms with van der Waals surface area (Å²) in [5.41, 5.74) is 5.45. The highest BCUT2D eigenvalue weighted by Crippen LogP contribution is 2.38. The van der Waals surface area contributed by atoms with Gasteiger partial charge < -0.3 is 10.6 Å². The SMILES string of the molecule is Cc1ccccc1-c1nc(NS(=O)(=O)c2cccc(N3CCC(N)C3)n2)ccc1C(F)(F)F.Cl. The third-order valence-corrected chi connectivity index (χ3v) is 6.63. The van der Waals surface area contributed by atoms with Gasteiger partial charge in [-0.1, -0.05) is 30.3 Å². The highest BCUT2D eigenvalue weighted by atomic mass is 35.5. The van der Waals surface area contributed by atoms with E-state index in [1.807, 2.05) is 4.90 Å². The number of hydrogen-bond acceptors (Lipinski definition) is 6. The van der Waals surface area contributed by atoms with E-state index in [-0.39, 0.29) is 40.6 Å². The predicted molar refractivity (Wildman–Crippen MR) is 127 cm³/mol. The number of nitrogens with two attached hydrogens (primary N) is 1. The van der Waals surface area contributed by atoms with Crippen LogP contribution in [0.3, 0.4) is 0 Å². The van der Waals surface area contributed by atoms with Crippen LogP contribution >= 0.6 is 12.4 Å². The maximum Gasteiger partial charge on any atom is 0.418 e. The Morgan fingerprint density at radius 2 is 1.79 bits per heavy atom. The van der Waals surface area contributed by atoms with Crippen LogP contribution in [0.1, 0.15) is 17.5 Å². The van der Waals surface area contributed by atoms with E-state index >= 15 is 0 Å². The second-order valence-corrected chi connectivity index (χ2v) is 9.47. The zero-order valence-electron chi connectivity index (χ0n) is 18.1. The fraction of sp³-hybridized carbons (Fsp3) is 0.273. The molecule has 1 aliphatic rings. The first-order valence-corrected chi connectivity index (χ1v) is 11.7. The number of hydrogen-bond donors (Lipinski definition) is 2. The van der Waals surface area contributed by atoms with Crippen molar-refractivity contribution in [3.63, 3.8) is 0 Å². The number of aromatic nitrogens is 2. The van der Waals surface area contributed by atoms with Gasteiger partial charge in [-0.15, -0.1) is 12.4 Å². The van der Waals surface area contributed by atoms with Gasteiger partial charge in [-0.25, -0.2) is 9.97 Å². The lowest BCUT2D eigenvalue weighted by Gasteiger charge is -2.18. The van der Waals surface area contributed by atoms with Crippen molar-refractivity contribution in [1.82, 2.24) is 9.97 Å². The van der Waals surface area contributed by atoms with Crippen LogP contribution in [0.5, 0.6) is 0 Å². The molecule has 0 amide bonds. The number of sulfonamides is 1. The summed E-state index contributed by atoms with van der Waals surface area (Å²) in [4.78, 5) is 10.1. The van der Waals surface area contributed by atoms with Crippen LogP contribution in [0, 0.1) is 6.92 Å². The molecule has 0 saturated carbocycles. The number of benzene rings is 1. The van der Waals surface area contributed by atoms with Gasteiger partial charge in [0.25, 0.3) is 10.0 Å². The first kappa shape index (κ1) is 25.7. The Hall–Kier alpha value is -2.89. The van der Waals surface area contributed by atoms with E-state index in [4.69, 9.17) is 5.73 Å². The number of anilines is 2. The Labute approximate surface area is 201 Å². The Kier molecular flexibility index (Phi) is 7.39. The lowest BCUT2D eigenvalue weighted by atomic mass is 10.0. The summed E-state index contributed by atoms with van der Waals surface area (Å²) in [6, 6.07) is 12.8. The molecule has 1 fully saturated rings. The standard InChI is InChI=1S/C22H22F3N5O2S.ClH/c1-14-5-2-3-6-16(14)21-17(22(23,24)25)9-10-18(27-21)29-33(31,32)20-8-4-7-19(28-20)30-12-11-15(26)13-30;/h2-10,15H,11-13,26H2,1H3,(H,27,29);1H. The van der Waals surface area contributed by atoms with Crippen LogP contribution in [-0.2, 0) is 16.2 Å². The number of alkyl halides is 3. The van der Waals surface area contributed by atoms with Gasteiger partial charge in [0.05, 0.1) is 11.3 Å². The molecule has 0 aliphatic carbocycles. The summed E-state index contributed by atoms with van der Waals surface area (Å²) >= 11 is 0. The van der Waals surface area contributed by atoms with E-state index < -0.39 is 21.8 Å².